The van der Waals surface area contributed by atoms with Gasteiger partial charge in [0.15, 0.2) is 0 Å². The molecule has 1 aliphatic rings. The number of aliphatic hydroxyl groups excluding tert-OH is 1. The van der Waals surface area contributed by atoms with Gasteiger partial charge in [-0.2, -0.15) is 0 Å². The van der Waals surface area contributed by atoms with Crippen LogP contribution in [0.3, 0.4) is 0 Å². The van der Waals surface area contributed by atoms with Gasteiger partial charge in [0.25, 0.3) is 0 Å². The second-order valence-electron chi connectivity index (χ2n) is 6.42. The SMILES string of the molecule is OCC1CC=CC=C1c1cnc2[nH]cc(CCc3ccccn3)c2c1. The molecule has 0 radical (unpaired) electrons. The van der Waals surface area contributed by atoms with Crippen molar-refractivity contribution in [2.75, 3.05) is 6.61 Å². The molecule has 25 heavy (non-hydrogen) atoms. The molecule has 0 aliphatic heterocycles. The molecule has 3 heterocycles. The lowest BCUT2D eigenvalue weighted by molar-refractivity contribution is 0.257. The lowest BCUT2D eigenvalue weighted by Crippen LogP contribution is -2.10. The first-order valence-corrected chi connectivity index (χ1v) is 8.69. The van der Waals surface area contributed by atoms with E-state index in [1.54, 1.807) is 0 Å². The van der Waals surface area contributed by atoms with Gasteiger partial charge in [0.05, 0.1) is 6.61 Å². The Labute approximate surface area is 147 Å². The molecule has 0 bridgehead atoms. The number of rotatable bonds is 5. The number of aromatic amines is 1. The van der Waals surface area contributed by atoms with Crippen LogP contribution in [0.4, 0.5) is 0 Å². The van der Waals surface area contributed by atoms with E-state index in [9.17, 15) is 5.11 Å². The molecule has 0 amide bonds. The maximum absolute atomic E-state index is 9.65. The highest BCUT2D eigenvalue weighted by Crippen LogP contribution is 2.31. The van der Waals surface area contributed by atoms with Gasteiger partial charge in [-0.05, 0) is 54.2 Å². The van der Waals surface area contributed by atoms with Crippen molar-refractivity contribution in [3.63, 3.8) is 0 Å². The highest BCUT2D eigenvalue weighted by atomic mass is 16.3. The number of pyridine rings is 2. The third-order valence-electron chi connectivity index (χ3n) is 4.82. The minimum atomic E-state index is 0.153. The van der Waals surface area contributed by atoms with Crippen molar-refractivity contribution in [3.8, 4) is 0 Å². The zero-order chi connectivity index (χ0) is 17.1. The molecule has 0 aromatic carbocycles. The summed E-state index contributed by atoms with van der Waals surface area (Å²) in [6.07, 6.45) is 14.7. The van der Waals surface area contributed by atoms with Crippen molar-refractivity contribution in [1.82, 2.24) is 15.0 Å². The summed E-state index contributed by atoms with van der Waals surface area (Å²) < 4.78 is 0. The summed E-state index contributed by atoms with van der Waals surface area (Å²) in [4.78, 5) is 12.2. The maximum Gasteiger partial charge on any atom is 0.137 e. The quantitative estimate of drug-likeness (QED) is 0.749. The van der Waals surface area contributed by atoms with Gasteiger partial charge in [0.2, 0.25) is 0 Å². The van der Waals surface area contributed by atoms with Crippen LogP contribution in [0.2, 0.25) is 0 Å². The van der Waals surface area contributed by atoms with E-state index in [1.165, 1.54) is 5.56 Å². The number of hydrogen-bond donors (Lipinski definition) is 2. The topological polar surface area (TPSA) is 61.8 Å². The number of nitrogens with zero attached hydrogens (tertiary/aromatic N) is 2. The Hall–Kier alpha value is -2.72. The van der Waals surface area contributed by atoms with Crippen molar-refractivity contribution in [1.29, 1.82) is 0 Å². The predicted octanol–water partition coefficient (Wildman–Crippen LogP) is 3.69. The average Bonchev–Trinajstić information content (AvgIpc) is 3.09. The molecule has 0 fully saturated rings. The highest BCUT2D eigenvalue weighted by Gasteiger charge is 2.17. The standard InChI is InChI=1S/C21H21N3O/c25-14-16-5-1-2-7-19(16)17-11-20-15(12-23-21(20)24-13-17)8-9-18-6-3-4-10-22-18/h1-4,6-7,10-13,16,25H,5,8-9,14H2,(H,23,24). The van der Waals surface area contributed by atoms with Gasteiger partial charge in [0, 0.05) is 35.6 Å². The smallest absolute Gasteiger partial charge is 0.137 e. The third kappa shape index (κ3) is 3.26. The fourth-order valence-electron chi connectivity index (χ4n) is 3.41. The van der Waals surface area contributed by atoms with E-state index in [4.69, 9.17) is 0 Å². The first-order chi connectivity index (χ1) is 12.3. The summed E-state index contributed by atoms with van der Waals surface area (Å²) in [6, 6.07) is 8.22. The van der Waals surface area contributed by atoms with Gasteiger partial charge >= 0.3 is 0 Å². The normalized spacial score (nSPS) is 17.0. The maximum atomic E-state index is 9.65. The van der Waals surface area contributed by atoms with Crippen LogP contribution in [0, 0.1) is 5.92 Å². The molecule has 3 aromatic rings. The van der Waals surface area contributed by atoms with Crippen LogP contribution in [0.25, 0.3) is 16.6 Å². The minimum absolute atomic E-state index is 0.153. The Balaban J connectivity index is 1.63. The Morgan fingerprint density at radius 2 is 2.16 bits per heavy atom. The van der Waals surface area contributed by atoms with Crippen molar-refractivity contribution < 1.29 is 5.11 Å². The van der Waals surface area contributed by atoms with Gasteiger partial charge in [-0.1, -0.05) is 24.3 Å². The van der Waals surface area contributed by atoms with E-state index in [1.807, 2.05) is 30.7 Å². The average molecular weight is 331 g/mol. The van der Waals surface area contributed by atoms with Gasteiger partial charge in [-0.25, -0.2) is 4.98 Å². The summed E-state index contributed by atoms with van der Waals surface area (Å²) in [7, 11) is 0. The van der Waals surface area contributed by atoms with Gasteiger partial charge in [-0.15, -0.1) is 0 Å². The van der Waals surface area contributed by atoms with E-state index < -0.39 is 0 Å². The molecule has 3 aromatic heterocycles. The summed E-state index contributed by atoms with van der Waals surface area (Å²) in [6.45, 7) is 0.161. The highest BCUT2D eigenvalue weighted by molar-refractivity contribution is 5.84. The van der Waals surface area contributed by atoms with Crippen molar-refractivity contribution in [3.05, 3.63) is 77.9 Å². The Kier molecular flexibility index (Phi) is 4.44. The monoisotopic (exact) mass is 331 g/mol. The van der Waals surface area contributed by atoms with Gasteiger partial charge in [0.1, 0.15) is 5.65 Å². The summed E-state index contributed by atoms with van der Waals surface area (Å²) in [5.74, 6) is 0.153. The van der Waals surface area contributed by atoms with E-state index >= 15 is 0 Å². The van der Waals surface area contributed by atoms with Gasteiger partial charge < -0.3 is 10.1 Å². The van der Waals surface area contributed by atoms with Crippen molar-refractivity contribution in [2.45, 2.75) is 19.3 Å². The Morgan fingerprint density at radius 3 is 3.00 bits per heavy atom. The molecule has 0 saturated heterocycles. The van der Waals surface area contributed by atoms with Crippen molar-refractivity contribution >= 4 is 16.6 Å². The number of allylic oxidation sites excluding steroid dienone is 3. The number of aliphatic hydroxyl groups is 1. The fraction of sp³-hybridized carbons (Fsp3) is 0.238. The molecule has 4 rings (SSSR count). The number of nitrogens with one attached hydrogen (secondary N) is 1. The lowest BCUT2D eigenvalue weighted by Gasteiger charge is -2.19. The number of aromatic nitrogens is 3. The molecule has 1 aliphatic carbocycles. The predicted molar refractivity (Wildman–Crippen MR) is 100 cm³/mol. The summed E-state index contributed by atoms with van der Waals surface area (Å²) in [5.41, 5.74) is 5.52. The first kappa shape index (κ1) is 15.8. The Bertz CT molecular complexity index is 925. The lowest BCUT2D eigenvalue weighted by atomic mass is 9.87. The molecule has 0 saturated carbocycles. The third-order valence-corrected chi connectivity index (χ3v) is 4.82. The largest absolute Gasteiger partial charge is 0.396 e. The molecular formula is C21H21N3O. The van der Waals surface area contributed by atoms with E-state index in [0.29, 0.717) is 0 Å². The molecule has 126 valence electrons. The van der Waals surface area contributed by atoms with Crippen LogP contribution >= 0.6 is 0 Å². The number of fused-ring (bicyclic) bond motifs is 1. The molecule has 4 heteroatoms. The zero-order valence-corrected chi connectivity index (χ0v) is 14.0. The minimum Gasteiger partial charge on any atom is -0.396 e. The molecule has 1 unspecified atom stereocenters. The molecular weight excluding hydrogens is 310 g/mol. The zero-order valence-electron chi connectivity index (χ0n) is 14.0. The first-order valence-electron chi connectivity index (χ1n) is 8.69. The van der Waals surface area contributed by atoms with Crippen LogP contribution < -0.4 is 0 Å². The molecule has 2 N–H and O–H groups in total. The second-order valence-corrected chi connectivity index (χ2v) is 6.42. The Morgan fingerprint density at radius 1 is 1.20 bits per heavy atom. The van der Waals surface area contributed by atoms with E-state index in [0.717, 1.165) is 47.1 Å². The van der Waals surface area contributed by atoms with Crippen LogP contribution in [0.1, 0.15) is 23.2 Å². The van der Waals surface area contributed by atoms with Crippen LogP contribution in [-0.2, 0) is 12.8 Å². The van der Waals surface area contributed by atoms with Crippen LogP contribution in [0.5, 0.6) is 0 Å². The van der Waals surface area contributed by atoms with E-state index in [-0.39, 0.29) is 12.5 Å². The van der Waals surface area contributed by atoms with Crippen LogP contribution in [0.15, 0.2) is 61.1 Å². The number of hydrogen-bond acceptors (Lipinski definition) is 3. The van der Waals surface area contributed by atoms with Crippen LogP contribution in [-0.4, -0.2) is 26.7 Å². The summed E-state index contributed by atoms with van der Waals surface area (Å²) >= 11 is 0. The number of H-pyrrole nitrogens is 1. The van der Waals surface area contributed by atoms with Gasteiger partial charge in [-0.3, -0.25) is 4.98 Å². The molecule has 4 nitrogen and oxygen atoms in total. The number of aryl methyl sites for hydroxylation is 2. The van der Waals surface area contributed by atoms with Crippen molar-refractivity contribution in [2.24, 2.45) is 5.92 Å². The molecule has 0 spiro atoms. The second kappa shape index (κ2) is 7.03. The molecule has 1 atom stereocenters. The van der Waals surface area contributed by atoms with E-state index in [2.05, 4.69) is 45.3 Å². The summed E-state index contributed by atoms with van der Waals surface area (Å²) in [5, 5.41) is 10.8. The fourth-order valence-corrected chi connectivity index (χ4v) is 3.41.